The van der Waals surface area contributed by atoms with Gasteiger partial charge in [0, 0.05) is 13.0 Å². The molecular formula is C10H16N4O. The lowest BCUT2D eigenvalue weighted by Gasteiger charge is -2.09. The van der Waals surface area contributed by atoms with E-state index in [1.54, 1.807) is 6.33 Å². The number of hydrogen-bond donors (Lipinski definition) is 1. The highest BCUT2D eigenvalue weighted by Crippen LogP contribution is 2.24. The number of nitrogens with zero attached hydrogens (tertiary/aromatic N) is 3. The van der Waals surface area contributed by atoms with Crippen molar-refractivity contribution in [3.63, 3.8) is 0 Å². The van der Waals surface area contributed by atoms with E-state index in [2.05, 4.69) is 15.5 Å². The first kappa shape index (κ1) is 10.1. The van der Waals surface area contributed by atoms with Crippen molar-refractivity contribution in [1.82, 2.24) is 20.1 Å². The van der Waals surface area contributed by atoms with Crippen LogP contribution < -0.4 is 5.32 Å². The minimum atomic E-state index is 0.163. The molecule has 1 amide bonds. The second-order valence-electron chi connectivity index (χ2n) is 4.06. The second-order valence-corrected chi connectivity index (χ2v) is 4.06. The van der Waals surface area contributed by atoms with Crippen molar-refractivity contribution in [1.29, 1.82) is 0 Å². The quantitative estimate of drug-likeness (QED) is 0.792. The zero-order chi connectivity index (χ0) is 10.7. The van der Waals surface area contributed by atoms with Crippen molar-refractivity contribution in [2.45, 2.75) is 32.2 Å². The van der Waals surface area contributed by atoms with Gasteiger partial charge in [-0.2, -0.15) is 0 Å². The van der Waals surface area contributed by atoms with Crippen LogP contribution >= 0.6 is 0 Å². The molecule has 0 aliphatic heterocycles. The lowest BCUT2D eigenvalue weighted by molar-refractivity contribution is -0.125. The van der Waals surface area contributed by atoms with Crippen LogP contribution in [0.2, 0.25) is 0 Å². The normalized spacial score (nSPS) is 16.9. The molecule has 0 spiro atoms. The van der Waals surface area contributed by atoms with Gasteiger partial charge in [-0.15, -0.1) is 10.2 Å². The standard InChI is InChI=1S/C10H16N4O/c1-14-7-12-13-9(14)6-11-10(15)8-4-2-3-5-8/h7-8H,2-6H2,1H3,(H,11,15). The molecule has 0 bridgehead atoms. The molecule has 1 aromatic rings. The van der Waals surface area contributed by atoms with Crippen molar-refractivity contribution >= 4 is 5.91 Å². The number of carbonyl (C=O) groups excluding carboxylic acids is 1. The number of rotatable bonds is 3. The minimum Gasteiger partial charge on any atom is -0.349 e. The topological polar surface area (TPSA) is 59.8 Å². The highest BCUT2D eigenvalue weighted by molar-refractivity contribution is 5.78. The maximum Gasteiger partial charge on any atom is 0.223 e. The molecule has 0 atom stereocenters. The number of amides is 1. The zero-order valence-corrected chi connectivity index (χ0v) is 8.94. The molecule has 0 unspecified atom stereocenters. The first-order chi connectivity index (χ1) is 7.27. The van der Waals surface area contributed by atoms with Crippen LogP contribution in [-0.2, 0) is 18.4 Å². The van der Waals surface area contributed by atoms with Crippen molar-refractivity contribution in [2.24, 2.45) is 13.0 Å². The molecule has 1 saturated carbocycles. The highest BCUT2D eigenvalue weighted by Gasteiger charge is 2.22. The van der Waals surface area contributed by atoms with Crippen LogP contribution in [0.3, 0.4) is 0 Å². The second kappa shape index (κ2) is 4.42. The Labute approximate surface area is 88.9 Å². The maximum absolute atomic E-state index is 11.7. The lowest BCUT2D eigenvalue weighted by atomic mass is 10.1. The van der Waals surface area contributed by atoms with Gasteiger partial charge in [-0.3, -0.25) is 4.79 Å². The molecule has 82 valence electrons. The van der Waals surface area contributed by atoms with Gasteiger partial charge in [0.25, 0.3) is 0 Å². The van der Waals surface area contributed by atoms with Gasteiger partial charge in [0.2, 0.25) is 5.91 Å². The molecule has 1 N–H and O–H groups in total. The summed E-state index contributed by atoms with van der Waals surface area (Å²) in [5.41, 5.74) is 0. The van der Waals surface area contributed by atoms with Gasteiger partial charge in [0.15, 0.2) is 5.82 Å². The van der Waals surface area contributed by atoms with E-state index < -0.39 is 0 Å². The SMILES string of the molecule is Cn1cnnc1CNC(=O)C1CCCC1. The molecule has 1 heterocycles. The van der Waals surface area contributed by atoms with E-state index in [0.29, 0.717) is 6.54 Å². The van der Waals surface area contributed by atoms with Gasteiger partial charge in [0.05, 0.1) is 6.54 Å². The Morgan fingerprint density at radius 2 is 2.33 bits per heavy atom. The molecular weight excluding hydrogens is 192 g/mol. The van der Waals surface area contributed by atoms with Gasteiger partial charge in [-0.05, 0) is 12.8 Å². The third-order valence-corrected chi connectivity index (χ3v) is 2.95. The summed E-state index contributed by atoms with van der Waals surface area (Å²) in [5.74, 6) is 1.18. The van der Waals surface area contributed by atoms with Crippen LogP contribution in [0.25, 0.3) is 0 Å². The van der Waals surface area contributed by atoms with Gasteiger partial charge < -0.3 is 9.88 Å². The molecule has 5 heteroatoms. The van der Waals surface area contributed by atoms with Crippen molar-refractivity contribution in [3.8, 4) is 0 Å². The Hall–Kier alpha value is -1.39. The predicted octanol–water partition coefficient (Wildman–Crippen LogP) is 0.621. The Morgan fingerprint density at radius 3 is 2.93 bits per heavy atom. The first-order valence-corrected chi connectivity index (χ1v) is 5.38. The summed E-state index contributed by atoms with van der Waals surface area (Å²) in [5, 5.41) is 10.6. The summed E-state index contributed by atoms with van der Waals surface area (Å²) in [6, 6.07) is 0. The van der Waals surface area contributed by atoms with Crippen LogP contribution in [0.15, 0.2) is 6.33 Å². The number of aromatic nitrogens is 3. The monoisotopic (exact) mass is 208 g/mol. The Bertz CT molecular complexity index is 341. The summed E-state index contributed by atoms with van der Waals surface area (Å²) in [4.78, 5) is 11.7. The molecule has 1 aromatic heterocycles. The van der Waals surface area contributed by atoms with Crippen LogP contribution in [0, 0.1) is 5.92 Å². The van der Waals surface area contributed by atoms with Gasteiger partial charge in [-0.1, -0.05) is 12.8 Å². The first-order valence-electron chi connectivity index (χ1n) is 5.38. The number of aryl methyl sites for hydroxylation is 1. The van der Waals surface area contributed by atoms with E-state index in [4.69, 9.17) is 0 Å². The fraction of sp³-hybridized carbons (Fsp3) is 0.700. The van der Waals surface area contributed by atoms with E-state index in [-0.39, 0.29) is 11.8 Å². The molecule has 15 heavy (non-hydrogen) atoms. The van der Waals surface area contributed by atoms with E-state index in [1.165, 1.54) is 12.8 Å². The van der Waals surface area contributed by atoms with Crippen molar-refractivity contribution in [3.05, 3.63) is 12.2 Å². The van der Waals surface area contributed by atoms with E-state index in [0.717, 1.165) is 18.7 Å². The molecule has 0 radical (unpaired) electrons. The van der Waals surface area contributed by atoms with Gasteiger partial charge >= 0.3 is 0 Å². The third kappa shape index (κ3) is 2.34. The minimum absolute atomic E-state index is 0.163. The van der Waals surface area contributed by atoms with Crippen LogP contribution in [0.1, 0.15) is 31.5 Å². The van der Waals surface area contributed by atoms with Gasteiger partial charge in [-0.25, -0.2) is 0 Å². The smallest absolute Gasteiger partial charge is 0.223 e. The number of nitrogens with one attached hydrogen (secondary N) is 1. The summed E-state index contributed by atoms with van der Waals surface area (Å²) in [6.45, 7) is 0.478. The van der Waals surface area contributed by atoms with Gasteiger partial charge in [0.1, 0.15) is 6.33 Å². The number of hydrogen-bond acceptors (Lipinski definition) is 3. The highest BCUT2D eigenvalue weighted by atomic mass is 16.1. The van der Waals surface area contributed by atoms with E-state index in [9.17, 15) is 4.79 Å². The van der Waals surface area contributed by atoms with Crippen molar-refractivity contribution < 1.29 is 4.79 Å². The third-order valence-electron chi connectivity index (χ3n) is 2.95. The van der Waals surface area contributed by atoms with Crippen LogP contribution in [0.5, 0.6) is 0 Å². The molecule has 5 nitrogen and oxygen atoms in total. The Morgan fingerprint density at radius 1 is 1.60 bits per heavy atom. The maximum atomic E-state index is 11.7. The fourth-order valence-electron chi connectivity index (χ4n) is 1.97. The van der Waals surface area contributed by atoms with Crippen molar-refractivity contribution in [2.75, 3.05) is 0 Å². The fourth-order valence-corrected chi connectivity index (χ4v) is 1.97. The van der Waals surface area contributed by atoms with Crippen LogP contribution in [-0.4, -0.2) is 20.7 Å². The lowest BCUT2D eigenvalue weighted by Crippen LogP contribution is -2.29. The van der Waals surface area contributed by atoms with E-state index in [1.807, 2.05) is 11.6 Å². The summed E-state index contributed by atoms with van der Waals surface area (Å²) >= 11 is 0. The molecule has 0 aromatic carbocycles. The predicted molar refractivity (Wildman–Crippen MR) is 54.8 cm³/mol. The number of carbonyl (C=O) groups is 1. The summed E-state index contributed by atoms with van der Waals surface area (Å²) in [6.07, 6.45) is 6.07. The zero-order valence-electron chi connectivity index (χ0n) is 8.94. The molecule has 1 aliphatic carbocycles. The molecule has 0 saturated heterocycles. The van der Waals surface area contributed by atoms with E-state index >= 15 is 0 Å². The molecule has 2 rings (SSSR count). The molecule has 1 fully saturated rings. The summed E-state index contributed by atoms with van der Waals surface area (Å²) < 4.78 is 1.81. The summed E-state index contributed by atoms with van der Waals surface area (Å²) in [7, 11) is 1.87. The van der Waals surface area contributed by atoms with Crippen LogP contribution in [0.4, 0.5) is 0 Å². The average molecular weight is 208 g/mol. The average Bonchev–Trinajstić information content (AvgIpc) is 2.85. The Balaban J connectivity index is 1.83. The molecule has 1 aliphatic rings. The largest absolute Gasteiger partial charge is 0.349 e. The Kier molecular flexibility index (Phi) is 2.99.